The minimum absolute atomic E-state index is 0.0586. The number of esters is 1. The summed E-state index contributed by atoms with van der Waals surface area (Å²) >= 11 is 0. The topological polar surface area (TPSA) is 96.4 Å². The summed E-state index contributed by atoms with van der Waals surface area (Å²) in [6, 6.07) is -0.615. The van der Waals surface area contributed by atoms with E-state index in [0.717, 1.165) is 0 Å². The van der Waals surface area contributed by atoms with Crippen molar-refractivity contribution in [1.29, 1.82) is 5.41 Å². The van der Waals surface area contributed by atoms with Gasteiger partial charge in [0.05, 0.1) is 5.60 Å². The highest BCUT2D eigenvalue weighted by Gasteiger charge is 2.15. The van der Waals surface area contributed by atoms with Crippen molar-refractivity contribution in [2.24, 2.45) is 5.73 Å². The first-order chi connectivity index (χ1) is 5.31. The van der Waals surface area contributed by atoms with Gasteiger partial charge in [-0.3, -0.25) is 10.2 Å². The molecule has 5 nitrogen and oxygen atoms in total. The van der Waals surface area contributed by atoms with E-state index < -0.39 is 17.6 Å². The third-order valence-electron chi connectivity index (χ3n) is 1.16. The summed E-state index contributed by atoms with van der Waals surface area (Å²) in [6.45, 7) is 3.18. The van der Waals surface area contributed by atoms with Crippen LogP contribution in [0.25, 0.3) is 0 Å². The molecule has 0 fully saturated rings. The summed E-state index contributed by atoms with van der Waals surface area (Å²) in [5.74, 6) is -0.593. The van der Waals surface area contributed by atoms with E-state index in [1.807, 2.05) is 0 Å². The van der Waals surface area contributed by atoms with Crippen LogP contribution in [0.4, 0.5) is 0 Å². The summed E-state index contributed by atoms with van der Waals surface area (Å²) in [5, 5.41) is 15.8. The smallest absolute Gasteiger partial charge is 0.313 e. The zero-order valence-corrected chi connectivity index (χ0v) is 7.26. The molecule has 0 aromatic carbocycles. The van der Waals surface area contributed by atoms with Gasteiger partial charge in [0, 0.05) is 6.42 Å². The highest BCUT2D eigenvalue weighted by Crippen LogP contribution is 2.10. The zero-order chi connectivity index (χ0) is 9.78. The fraction of sp³-hybridized carbons (Fsp3) is 0.714. The molecule has 0 amide bonds. The molecular weight excluding hydrogens is 160 g/mol. The Balaban J connectivity index is 3.65. The molecule has 5 heteroatoms. The van der Waals surface area contributed by atoms with Crippen molar-refractivity contribution in [3.05, 3.63) is 0 Å². The van der Waals surface area contributed by atoms with E-state index in [0.29, 0.717) is 6.42 Å². The number of carbonyl (C=O) groups is 1. The minimum Gasteiger partial charge on any atom is -0.393 e. The van der Waals surface area contributed by atoms with Crippen molar-refractivity contribution in [1.82, 2.24) is 0 Å². The lowest BCUT2D eigenvalue weighted by molar-refractivity contribution is -0.136. The van der Waals surface area contributed by atoms with E-state index in [1.54, 1.807) is 13.8 Å². The predicted molar refractivity (Wildman–Crippen MR) is 43.5 cm³/mol. The minimum atomic E-state index is -0.893. The van der Waals surface area contributed by atoms with Crippen LogP contribution in [-0.4, -0.2) is 22.7 Å². The van der Waals surface area contributed by atoms with Gasteiger partial charge in [0.2, 0.25) is 0 Å². The number of carbonyl (C=O) groups excluding carboxylic acids is 1. The molecule has 70 valence electrons. The zero-order valence-electron chi connectivity index (χ0n) is 7.26. The van der Waals surface area contributed by atoms with Crippen LogP contribution in [0.15, 0.2) is 0 Å². The van der Waals surface area contributed by atoms with Crippen LogP contribution in [0, 0.1) is 5.41 Å². The molecule has 0 aromatic rings. The molecule has 12 heavy (non-hydrogen) atoms. The van der Waals surface area contributed by atoms with Crippen molar-refractivity contribution in [3.63, 3.8) is 0 Å². The van der Waals surface area contributed by atoms with Gasteiger partial charge < -0.3 is 15.6 Å². The number of amidine groups is 1. The first kappa shape index (κ1) is 10.9. The Morgan fingerprint density at radius 1 is 1.67 bits per heavy atom. The molecule has 0 aliphatic heterocycles. The van der Waals surface area contributed by atoms with Crippen LogP contribution >= 0.6 is 0 Å². The number of rotatable bonds is 3. The summed E-state index contributed by atoms with van der Waals surface area (Å²) in [4.78, 5) is 10.7. The molecule has 0 saturated heterocycles. The average molecular weight is 174 g/mol. The normalized spacial score (nSPS) is 10.9. The van der Waals surface area contributed by atoms with Crippen LogP contribution in [0.5, 0.6) is 0 Å². The second-order valence-electron chi connectivity index (χ2n) is 3.15. The molecule has 0 unspecified atom stereocenters. The first-order valence-corrected chi connectivity index (χ1v) is 3.58. The molecule has 0 aliphatic rings. The lowest BCUT2D eigenvalue weighted by Gasteiger charge is -2.15. The van der Waals surface area contributed by atoms with Crippen molar-refractivity contribution < 1.29 is 14.6 Å². The van der Waals surface area contributed by atoms with Gasteiger partial charge in [0.25, 0.3) is 6.02 Å². The molecule has 4 N–H and O–H groups in total. The van der Waals surface area contributed by atoms with Crippen LogP contribution in [0.2, 0.25) is 0 Å². The summed E-state index contributed by atoms with van der Waals surface area (Å²) < 4.78 is 4.26. The van der Waals surface area contributed by atoms with Crippen molar-refractivity contribution in [2.75, 3.05) is 0 Å². The number of aliphatic hydroxyl groups is 1. The van der Waals surface area contributed by atoms with Crippen molar-refractivity contribution in [3.8, 4) is 0 Å². The van der Waals surface area contributed by atoms with Gasteiger partial charge in [-0.25, -0.2) is 0 Å². The molecule has 0 spiro atoms. The summed E-state index contributed by atoms with van der Waals surface area (Å²) in [6.07, 6.45) is 0.349. The molecule has 0 rings (SSSR count). The van der Waals surface area contributed by atoms with Crippen LogP contribution in [0.3, 0.4) is 0 Å². The monoisotopic (exact) mass is 174 g/mol. The lowest BCUT2D eigenvalue weighted by Crippen LogP contribution is -2.23. The molecule has 0 radical (unpaired) electrons. The van der Waals surface area contributed by atoms with Gasteiger partial charge in [-0.05, 0) is 20.3 Å². The molecule has 0 heterocycles. The van der Waals surface area contributed by atoms with Gasteiger partial charge >= 0.3 is 5.97 Å². The van der Waals surface area contributed by atoms with Gasteiger partial charge in [-0.15, -0.1) is 0 Å². The van der Waals surface area contributed by atoms with Gasteiger partial charge in [0.15, 0.2) is 0 Å². The quantitative estimate of drug-likeness (QED) is 0.318. The fourth-order valence-corrected chi connectivity index (χ4v) is 0.582. The van der Waals surface area contributed by atoms with Crippen LogP contribution in [0.1, 0.15) is 26.7 Å². The van der Waals surface area contributed by atoms with E-state index in [-0.39, 0.29) is 6.42 Å². The standard InChI is InChI=1S/C7H14N2O3/c1-7(2,11)4-3-5(10)12-6(8)9/h11H,3-4H2,1-2H3,(H3,8,9). The predicted octanol–water partition coefficient (Wildman–Crippen LogP) is -0.0258. The highest BCUT2D eigenvalue weighted by molar-refractivity contribution is 5.84. The second-order valence-corrected chi connectivity index (χ2v) is 3.15. The Bertz CT molecular complexity index is 184. The Morgan fingerprint density at radius 2 is 2.17 bits per heavy atom. The van der Waals surface area contributed by atoms with Gasteiger partial charge in [0.1, 0.15) is 0 Å². The Kier molecular flexibility index (Phi) is 3.69. The Morgan fingerprint density at radius 3 is 2.50 bits per heavy atom. The van der Waals surface area contributed by atoms with E-state index in [1.165, 1.54) is 0 Å². The number of hydrogen-bond donors (Lipinski definition) is 3. The maximum Gasteiger partial charge on any atom is 0.313 e. The van der Waals surface area contributed by atoms with Crippen LogP contribution < -0.4 is 5.73 Å². The second kappa shape index (κ2) is 4.06. The lowest BCUT2D eigenvalue weighted by atomic mass is 10.0. The maximum atomic E-state index is 10.7. The van der Waals surface area contributed by atoms with E-state index >= 15 is 0 Å². The fourth-order valence-electron chi connectivity index (χ4n) is 0.582. The molecule has 0 saturated carbocycles. The Labute approximate surface area is 71.0 Å². The number of nitrogens with one attached hydrogen (secondary N) is 1. The van der Waals surface area contributed by atoms with E-state index in [4.69, 9.17) is 11.1 Å². The first-order valence-electron chi connectivity index (χ1n) is 3.58. The third kappa shape index (κ3) is 7.01. The third-order valence-corrected chi connectivity index (χ3v) is 1.16. The van der Waals surface area contributed by atoms with Crippen molar-refractivity contribution in [2.45, 2.75) is 32.3 Å². The van der Waals surface area contributed by atoms with Gasteiger partial charge in [-0.2, -0.15) is 0 Å². The maximum absolute atomic E-state index is 10.7. The molecule has 0 bridgehead atoms. The summed E-state index contributed by atoms with van der Waals surface area (Å²) in [5.41, 5.74) is 3.92. The molecule has 0 aromatic heterocycles. The molecule has 0 atom stereocenters. The van der Waals surface area contributed by atoms with E-state index in [9.17, 15) is 9.90 Å². The summed E-state index contributed by atoms with van der Waals surface area (Å²) in [7, 11) is 0. The molecule has 0 aliphatic carbocycles. The molecular formula is C7H14N2O3. The average Bonchev–Trinajstić information content (AvgIpc) is 1.80. The number of nitrogens with two attached hydrogens (primary N) is 1. The van der Waals surface area contributed by atoms with Gasteiger partial charge in [-0.1, -0.05) is 0 Å². The van der Waals surface area contributed by atoms with Crippen molar-refractivity contribution >= 4 is 12.0 Å². The number of hydrogen-bond acceptors (Lipinski definition) is 4. The SMILES string of the molecule is CC(C)(O)CCC(=O)OC(=N)N. The number of ether oxygens (including phenoxy) is 1. The van der Waals surface area contributed by atoms with Crippen LogP contribution in [-0.2, 0) is 9.53 Å². The van der Waals surface area contributed by atoms with E-state index in [2.05, 4.69) is 4.74 Å². The Hall–Kier alpha value is -1.10. The highest BCUT2D eigenvalue weighted by atomic mass is 16.5. The largest absolute Gasteiger partial charge is 0.393 e.